The van der Waals surface area contributed by atoms with Gasteiger partial charge in [-0.25, -0.2) is 0 Å². The second-order valence-corrected chi connectivity index (χ2v) is 4.09. The molecule has 1 aromatic heterocycles. The van der Waals surface area contributed by atoms with Gasteiger partial charge >= 0.3 is 12.1 Å². The minimum Gasteiger partial charge on any atom is -0.481 e. The summed E-state index contributed by atoms with van der Waals surface area (Å²) < 4.78 is 38.6. The van der Waals surface area contributed by atoms with Gasteiger partial charge in [-0.2, -0.15) is 18.3 Å². The monoisotopic (exact) mass is 265 g/mol. The average molecular weight is 265 g/mol. The molecular formula is C10H14F3N3O2. The van der Waals surface area contributed by atoms with Crippen molar-refractivity contribution in [2.24, 2.45) is 5.92 Å². The predicted molar refractivity (Wildman–Crippen MR) is 58.3 cm³/mol. The van der Waals surface area contributed by atoms with Gasteiger partial charge in [0, 0.05) is 24.8 Å². The smallest absolute Gasteiger partial charge is 0.403 e. The van der Waals surface area contributed by atoms with E-state index in [4.69, 9.17) is 5.11 Å². The van der Waals surface area contributed by atoms with E-state index < -0.39 is 24.6 Å². The lowest BCUT2D eigenvalue weighted by Gasteiger charge is -2.16. The van der Waals surface area contributed by atoms with Gasteiger partial charge in [-0.3, -0.25) is 9.48 Å². The number of halogens is 3. The number of rotatable bonds is 5. The molecule has 0 bridgehead atoms. The number of anilines is 1. The average Bonchev–Trinajstić information content (AvgIpc) is 2.63. The number of hydrogen-bond acceptors (Lipinski definition) is 3. The quantitative estimate of drug-likeness (QED) is 0.856. The first-order valence-electron chi connectivity index (χ1n) is 5.30. The molecule has 0 aliphatic rings. The molecule has 5 nitrogen and oxygen atoms in total. The second-order valence-electron chi connectivity index (χ2n) is 4.09. The zero-order valence-corrected chi connectivity index (χ0v) is 9.90. The van der Waals surface area contributed by atoms with Gasteiger partial charge in [-0.15, -0.1) is 0 Å². The van der Waals surface area contributed by atoms with E-state index in [2.05, 4.69) is 10.4 Å². The molecule has 0 amide bonds. The van der Waals surface area contributed by atoms with Crippen LogP contribution in [0.15, 0.2) is 12.3 Å². The Morgan fingerprint density at radius 2 is 2.17 bits per heavy atom. The summed E-state index contributed by atoms with van der Waals surface area (Å²) in [4.78, 5) is 10.5. The molecule has 0 aliphatic carbocycles. The highest BCUT2D eigenvalue weighted by atomic mass is 19.4. The summed E-state index contributed by atoms with van der Waals surface area (Å²) in [5.41, 5.74) is 0. The van der Waals surface area contributed by atoms with Crippen LogP contribution in [-0.4, -0.2) is 33.6 Å². The molecule has 1 atom stereocenters. The van der Waals surface area contributed by atoms with Gasteiger partial charge in [-0.1, -0.05) is 0 Å². The summed E-state index contributed by atoms with van der Waals surface area (Å²) in [6.45, 7) is 2.99. The SMILES string of the molecule is CC(C)n1ccc(NCC(C(=O)O)C(F)(F)F)n1. The van der Waals surface area contributed by atoms with Crippen molar-refractivity contribution in [1.82, 2.24) is 9.78 Å². The molecule has 0 spiro atoms. The molecule has 0 saturated heterocycles. The highest BCUT2D eigenvalue weighted by molar-refractivity contribution is 5.71. The van der Waals surface area contributed by atoms with Crippen LogP contribution >= 0.6 is 0 Å². The van der Waals surface area contributed by atoms with E-state index in [1.54, 1.807) is 10.9 Å². The van der Waals surface area contributed by atoms with Crippen LogP contribution < -0.4 is 5.32 Å². The van der Waals surface area contributed by atoms with E-state index in [1.165, 1.54) is 6.07 Å². The first-order valence-corrected chi connectivity index (χ1v) is 5.30. The van der Waals surface area contributed by atoms with E-state index in [0.29, 0.717) is 0 Å². The fourth-order valence-electron chi connectivity index (χ4n) is 1.27. The Labute approximate surface area is 102 Å². The maximum Gasteiger partial charge on any atom is 0.403 e. The molecule has 102 valence electrons. The molecule has 1 rings (SSSR count). The van der Waals surface area contributed by atoms with Crippen LogP contribution in [0.5, 0.6) is 0 Å². The number of carbonyl (C=O) groups is 1. The second kappa shape index (κ2) is 5.28. The summed E-state index contributed by atoms with van der Waals surface area (Å²) in [5, 5.41) is 14.8. The Morgan fingerprint density at radius 3 is 2.56 bits per heavy atom. The molecule has 1 aromatic rings. The number of hydrogen-bond donors (Lipinski definition) is 2. The summed E-state index contributed by atoms with van der Waals surface area (Å²) in [6, 6.07) is 1.58. The lowest BCUT2D eigenvalue weighted by atomic mass is 10.1. The Bertz CT molecular complexity index is 415. The van der Waals surface area contributed by atoms with Crippen molar-refractivity contribution in [3.8, 4) is 0 Å². The third kappa shape index (κ3) is 3.64. The fourth-order valence-corrected chi connectivity index (χ4v) is 1.27. The summed E-state index contributed by atoms with van der Waals surface area (Å²) >= 11 is 0. The molecule has 0 aliphatic heterocycles. The maximum absolute atomic E-state index is 12.4. The van der Waals surface area contributed by atoms with Crippen molar-refractivity contribution in [2.45, 2.75) is 26.1 Å². The van der Waals surface area contributed by atoms with Crippen LogP contribution in [0.3, 0.4) is 0 Å². The van der Waals surface area contributed by atoms with E-state index >= 15 is 0 Å². The van der Waals surface area contributed by atoms with Gasteiger partial charge in [0.05, 0.1) is 0 Å². The number of alkyl halides is 3. The Hall–Kier alpha value is -1.73. The van der Waals surface area contributed by atoms with E-state index in [9.17, 15) is 18.0 Å². The van der Waals surface area contributed by atoms with E-state index in [0.717, 1.165) is 0 Å². The predicted octanol–water partition coefficient (Wildman–Crippen LogP) is 2.14. The zero-order chi connectivity index (χ0) is 13.9. The molecule has 0 saturated carbocycles. The van der Waals surface area contributed by atoms with Crippen molar-refractivity contribution < 1.29 is 23.1 Å². The molecule has 1 heterocycles. The van der Waals surface area contributed by atoms with Crippen LogP contribution in [0.1, 0.15) is 19.9 Å². The van der Waals surface area contributed by atoms with E-state index in [-0.39, 0.29) is 11.9 Å². The van der Waals surface area contributed by atoms with Gasteiger partial charge in [0.1, 0.15) is 5.82 Å². The number of aliphatic carboxylic acids is 1. The summed E-state index contributed by atoms with van der Waals surface area (Å²) in [6.07, 6.45) is -3.17. The first kappa shape index (κ1) is 14.3. The molecule has 0 radical (unpaired) electrons. The van der Waals surface area contributed by atoms with Gasteiger partial charge in [0.2, 0.25) is 0 Å². The Kier molecular flexibility index (Phi) is 4.20. The minimum atomic E-state index is -4.78. The van der Waals surface area contributed by atoms with Crippen molar-refractivity contribution in [2.75, 3.05) is 11.9 Å². The summed E-state index contributed by atoms with van der Waals surface area (Å²) in [7, 11) is 0. The van der Waals surface area contributed by atoms with Gasteiger partial charge < -0.3 is 10.4 Å². The maximum atomic E-state index is 12.4. The fraction of sp³-hybridized carbons (Fsp3) is 0.600. The molecular weight excluding hydrogens is 251 g/mol. The van der Waals surface area contributed by atoms with Crippen LogP contribution in [0.2, 0.25) is 0 Å². The van der Waals surface area contributed by atoms with Crippen molar-refractivity contribution in [3.63, 3.8) is 0 Å². The summed E-state index contributed by atoms with van der Waals surface area (Å²) in [5.74, 6) is -4.13. The lowest BCUT2D eigenvalue weighted by molar-refractivity contribution is -0.190. The molecule has 8 heteroatoms. The number of aromatic nitrogens is 2. The highest BCUT2D eigenvalue weighted by Crippen LogP contribution is 2.26. The van der Waals surface area contributed by atoms with Gasteiger partial charge in [0.15, 0.2) is 5.92 Å². The molecule has 18 heavy (non-hydrogen) atoms. The van der Waals surface area contributed by atoms with Crippen molar-refractivity contribution in [3.05, 3.63) is 12.3 Å². The molecule has 0 fully saturated rings. The topological polar surface area (TPSA) is 67.2 Å². The number of nitrogens with zero attached hydrogens (tertiary/aromatic N) is 2. The van der Waals surface area contributed by atoms with Crippen LogP contribution in [0.25, 0.3) is 0 Å². The van der Waals surface area contributed by atoms with E-state index in [1.807, 2.05) is 13.8 Å². The molecule has 2 N–H and O–H groups in total. The Balaban J connectivity index is 2.65. The molecule has 0 aromatic carbocycles. The largest absolute Gasteiger partial charge is 0.481 e. The Morgan fingerprint density at radius 1 is 1.56 bits per heavy atom. The standard InChI is InChI=1S/C10H14F3N3O2/c1-6(2)16-4-3-8(15-16)14-5-7(9(17)18)10(11,12)13/h3-4,6-7H,5H2,1-2H3,(H,14,15)(H,17,18). The minimum absolute atomic E-state index is 0.0819. The van der Waals surface area contributed by atoms with Crippen LogP contribution in [0.4, 0.5) is 19.0 Å². The number of carboxylic acids is 1. The number of nitrogens with one attached hydrogen (secondary N) is 1. The van der Waals surface area contributed by atoms with Crippen LogP contribution in [0, 0.1) is 5.92 Å². The number of carboxylic acid groups (broad SMARTS) is 1. The van der Waals surface area contributed by atoms with Gasteiger partial charge in [0.25, 0.3) is 0 Å². The third-order valence-corrected chi connectivity index (χ3v) is 2.32. The van der Waals surface area contributed by atoms with Gasteiger partial charge in [-0.05, 0) is 13.8 Å². The van der Waals surface area contributed by atoms with Crippen LogP contribution in [-0.2, 0) is 4.79 Å². The third-order valence-electron chi connectivity index (χ3n) is 2.32. The lowest BCUT2D eigenvalue weighted by Crippen LogP contribution is -2.36. The van der Waals surface area contributed by atoms with Crippen molar-refractivity contribution in [1.29, 1.82) is 0 Å². The zero-order valence-electron chi connectivity index (χ0n) is 9.90. The highest BCUT2D eigenvalue weighted by Gasteiger charge is 2.44. The normalized spacial score (nSPS) is 13.7. The molecule has 1 unspecified atom stereocenters. The van der Waals surface area contributed by atoms with Crippen molar-refractivity contribution >= 4 is 11.8 Å². The first-order chi connectivity index (χ1) is 8.21.